The van der Waals surface area contributed by atoms with Gasteiger partial charge in [0.2, 0.25) is 11.8 Å². The fourth-order valence-corrected chi connectivity index (χ4v) is 4.35. The molecule has 3 heterocycles. The summed E-state index contributed by atoms with van der Waals surface area (Å²) in [5.74, 6) is 1.38. The van der Waals surface area contributed by atoms with Crippen molar-refractivity contribution in [1.29, 1.82) is 0 Å². The molecule has 4 rings (SSSR count). The highest BCUT2D eigenvalue weighted by molar-refractivity contribution is 9.10. The second-order valence-electron chi connectivity index (χ2n) is 5.16. The van der Waals surface area contributed by atoms with Gasteiger partial charge in [0.25, 0.3) is 5.56 Å². The Kier molecular flexibility index (Phi) is 4.45. The molecule has 0 aliphatic rings. The molecule has 0 unspecified atom stereocenters. The lowest BCUT2D eigenvalue weighted by Crippen LogP contribution is -2.18. The van der Waals surface area contributed by atoms with Crippen molar-refractivity contribution in [2.75, 3.05) is 0 Å². The number of hydrogen-bond donors (Lipinski definition) is 0. The van der Waals surface area contributed by atoms with Crippen molar-refractivity contribution in [3.63, 3.8) is 0 Å². The van der Waals surface area contributed by atoms with E-state index in [9.17, 15) is 4.79 Å². The zero-order chi connectivity index (χ0) is 17.4. The van der Waals surface area contributed by atoms with Gasteiger partial charge < -0.3 is 4.42 Å². The van der Waals surface area contributed by atoms with E-state index in [2.05, 4.69) is 31.1 Å². The third-order valence-corrected chi connectivity index (χ3v) is 6.14. The molecule has 4 aromatic rings. The van der Waals surface area contributed by atoms with Crippen molar-refractivity contribution in [2.45, 2.75) is 10.9 Å². The van der Waals surface area contributed by atoms with Crippen LogP contribution in [0.4, 0.5) is 0 Å². The van der Waals surface area contributed by atoms with Gasteiger partial charge in [0.15, 0.2) is 5.16 Å². The number of thioether (sulfide) groups is 1. The zero-order valence-corrected chi connectivity index (χ0v) is 16.2. The van der Waals surface area contributed by atoms with Crippen LogP contribution in [0.1, 0.15) is 5.89 Å². The molecule has 0 spiro atoms. The summed E-state index contributed by atoms with van der Waals surface area (Å²) in [5, 5.41) is 10.7. The molecule has 0 radical (unpaired) electrons. The van der Waals surface area contributed by atoms with Gasteiger partial charge in [0.1, 0.15) is 4.70 Å². The number of hydrogen-bond acceptors (Lipinski definition) is 7. The maximum atomic E-state index is 12.3. The van der Waals surface area contributed by atoms with Crippen LogP contribution in [0.5, 0.6) is 0 Å². The SMILES string of the molecule is Cn1c(SCc2nnc(-c3ccccc3Br)o2)nc2ccsc2c1=O. The molecule has 9 heteroatoms. The quantitative estimate of drug-likeness (QED) is 0.355. The number of fused-ring (bicyclic) bond motifs is 1. The first-order valence-corrected chi connectivity index (χ1v) is 9.93. The molecule has 0 saturated heterocycles. The van der Waals surface area contributed by atoms with Gasteiger partial charge in [-0.05, 0) is 39.5 Å². The highest BCUT2D eigenvalue weighted by Crippen LogP contribution is 2.28. The molecule has 0 saturated carbocycles. The average Bonchev–Trinajstić information content (AvgIpc) is 3.26. The molecule has 0 amide bonds. The first-order chi connectivity index (χ1) is 12.1. The van der Waals surface area contributed by atoms with Crippen LogP contribution in [-0.2, 0) is 12.8 Å². The second-order valence-corrected chi connectivity index (χ2v) is 7.88. The fraction of sp³-hybridized carbons (Fsp3) is 0.125. The van der Waals surface area contributed by atoms with E-state index in [0.29, 0.717) is 27.4 Å². The summed E-state index contributed by atoms with van der Waals surface area (Å²) in [4.78, 5) is 16.8. The molecule has 0 N–H and O–H groups in total. The predicted molar refractivity (Wildman–Crippen MR) is 102 cm³/mol. The summed E-state index contributed by atoms with van der Waals surface area (Å²) in [6.45, 7) is 0. The van der Waals surface area contributed by atoms with Crippen LogP contribution < -0.4 is 5.56 Å². The van der Waals surface area contributed by atoms with Crippen LogP contribution in [0.3, 0.4) is 0 Å². The Balaban J connectivity index is 1.58. The summed E-state index contributed by atoms with van der Waals surface area (Å²) in [7, 11) is 1.72. The van der Waals surface area contributed by atoms with Crippen LogP contribution in [-0.4, -0.2) is 19.7 Å². The molecule has 0 fully saturated rings. The van der Waals surface area contributed by atoms with E-state index < -0.39 is 0 Å². The van der Waals surface area contributed by atoms with Gasteiger partial charge in [0.05, 0.1) is 16.8 Å². The van der Waals surface area contributed by atoms with Crippen LogP contribution in [0.15, 0.2) is 54.6 Å². The van der Waals surface area contributed by atoms with E-state index in [-0.39, 0.29) is 5.56 Å². The lowest BCUT2D eigenvalue weighted by atomic mass is 10.2. The Labute approximate surface area is 159 Å². The first-order valence-electron chi connectivity index (χ1n) is 7.28. The molecule has 1 aromatic carbocycles. The first kappa shape index (κ1) is 16.5. The van der Waals surface area contributed by atoms with E-state index in [1.54, 1.807) is 11.6 Å². The van der Waals surface area contributed by atoms with Gasteiger partial charge in [-0.2, -0.15) is 0 Å². The highest BCUT2D eigenvalue weighted by atomic mass is 79.9. The minimum absolute atomic E-state index is 0.0399. The Morgan fingerprint density at radius 2 is 2.12 bits per heavy atom. The lowest BCUT2D eigenvalue weighted by Gasteiger charge is -2.05. The Morgan fingerprint density at radius 1 is 1.28 bits per heavy atom. The number of nitrogens with zero attached hydrogens (tertiary/aromatic N) is 4. The van der Waals surface area contributed by atoms with Crippen molar-refractivity contribution in [3.05, 3.63) is 56.4 Å². The molecule has 0 atom stereocenters. The van der Waals surface area contributed by atoms with E-state index in [0.717, 1.165) is 15.6 Å². The number of aromatic nitrogens is 4. The van der Waals surface area contributed by atoms with Gasteiger partial charge in [-0.1, -0.05) is 23.9 Å². The van der Waals surface area contributed by atoms with E-state index in [1.165, 1.54) is 23.1 Å². The molecular weight excluding hydrogens is 424 g/mol. The topological polar surface area (TPSA) is 73.8 Å². The van der Waals surface area contributed by atoms with Gasteiger partial charge in [-0.3, -0.25) is 9.36 Å². The smallest absolute Gasteiger partial charge is 0.271 e. The summed E-state index contributed by atoms with van der Waals surface area (Å²) in [6.07, 6.45) is 0. The largest absolute Gasteiger partial charge is 0.420 e. The van der Waals surface area contributed by atoms with E-state index >= 15 is 0 Å². The Morgan fingerprint density at radius 3 is 2.96 bits per heavy atom. The molecule has 6 nitrogen and oxygen atoms in total. The van der Waals surface area contributed by atoms with Crippen molar-refractivity contribution >= 4 is 49.2 Å². The number of rotatable bonds is 4. The van der Waals surface area contributed by atoms with Gasteiger partial charge in [-0.15, -0.1) is 21.5 Å². The summed E-state index contributed by atoms with van der Waals surface area (Å²) < 4.78 is 8.84. The van der Waals surface area contributed by atoms with Crippen molar-refractivity contribution in [2.24, 2.45) is 7.05 Å². The van der Waals surface area contributed by atoms with Gasteiger partial charge >= 0.3 is 0 Å². The minimum Gasteiger partial charge on any atom is -0.420 e. The van der Waals surface area contributed by atoms with Crippen molar-refractivity contribution in [3.8, 4) is 11.5 Å². The van der Waals surface area contributed by atoms with Crippen LogP contribution in [0.25, 0.3) is 21.7 Å². The van der Waals surface area contributed by atoms with Gasteiger partial charge in [0, 0.05) is 11.5 Å². The maximum Gasteiger partial charge on any atom is 0.271 e. The lowest BCUT2D eigenvalue weighted by molar-refractivity contribution is 0.528. The molecule has 3 aromatic heterocycles. The number of thiophene rings is 1. The summed E-state index contributed by atoms with van der Waals surface area (Å²) >= 11 is 6.27. The monoisotopic (exact) mass is 434 g/mol. The number of halogens is 1. The minimum atomic E-state index is -0.0399. The summed E-state index contributed by atoms with van der Waals surface area (Å²) in [5.41, 5.74) is 1.52. The second kappa shape index (κ2) is 6.74. The summed E-state index contributed by atoms with van der Waals surface area (Å²) in [6, 6.07) is 9.51. The normalized spacial score (nSPS) is 11.3. The van der Waals surface area contributed by atoms with Crippen molar-refractivity contribution in [1.82, 2.24) is 19.7 Å². The molecule has 0 aliphatic heterocycles. The molecular formula is C16H11BrN4O2S2. The van der Waals surface area contributed by atoms with E-state index in [4.69, 9.17) is 4.42 Å². The molecule has 0 aliphatic carbocycles. The highest BCUT2D eigenvalue weighted by Gasteiger charge is 2.14. The molecule has 0 bridgehead atoms. The molecule has 126 valence electrons. The number of benzene rings is 1. The Bertz CT molecular complexity index is 1120. The maximum absolute atomic E-state index is 12.3. The van der Waals surface area contributed by atoms with Crippen LogP contribution >= 0.6 is 39.0 Å². The standard InChI is InChI=1S/C16H11BrN4O2S2/c1-21-15(22)13-11(6-7-24-13)18-16(21)25-8-12-19-20-14(23-12)9-4-2-3-5-10(9)17/h2-7H,8H2,1H3. The zero-order valence-electron chi connectivity index (χ0n) is 13.0. The molecule has 25 heavy (non-hydrogen) atoms. The van der Waals surface area contributed by atoms with Gasteiger partial charge in [-0.25, -0.2) is 4.98 Å². The van der Waals surface area contributed by atoms with Crippen molar-refractivity contribution < 1.29 is 4.42 Å². The third-order valence-electron chi connectivity index (χ3n) is 3.54. The Hall–Kier alpha value is -1.97. The van der Waals surface area contributed by atoms with Crippen LogP contribution in [0, 0.1) is 0 Å². The average molecular weight is 435 g/mol. The fourth-order valence-electron chi connectivity index (χ4n) is 2.28. The van der Waals surface area contributed by atoms with Crippen LogP contribution in [0.2, 0.25) is 0 Å². The van der Waals surface area contributed by atoms with E-state index in [1.807, 2.05) is 35.7 Å². The third kappa shape index (κ3) is 3.14. The predicted octanol–water partition coefficient (Wildman–Crippen LogP) is 4.10.